The number of carbonyl (C=O) groups is 1. The van der Waals surface area contributed by atoms with Crippen molar-refractivity contribution in [3.05, 3.63) is 59.8 Å². The Labute approximate surface area is 151 Å². The van der Waals surface area contributed by atoms with E-state index in [4.69, 9.17) is 9.97 Å². The van der Waals surface area contributed by atoms with Crippen LogP contribution in [0.3, 0.4) is 0 Å². The van der Waals surface area contributed by atoms with Gasteiger partial charge in [-0.05, 0) is 30.7 Å². The minimum atomic E-state index is -0.00593. The number of rotatable bonds is 3. The van der Waals surface area contributed by atoms with Gasteiger partial charge in [-0.1, -0.05) is 0 Å². The van der Waals surface area contributed by atoms with Gasteiger partial charge in [0.2, 0.25) is 0 Å². The Balaban J connectivity index is 1.73. The number of pyridine rings is 1. The van der Waals surface area contributed by atoms with Gasteiger partial charge in [-0.2, -0.15) is 0 Å². The predicted octanol–water partition coefficient (Wildman–Crippen LogP) is 2.13. The highest BCUT2D eigenvalue weighted by Gasteiger charge is 2.27. The van der Waals surface area contributed by atoms with E-state index in [9.17, 15) is 4.79 Å². The second-order valence-electron chi connectivity index (χ2n) is 6.49. The molecule has 26 heavy (non-hydrogen) atoms. The van der Waals surface area contributed by atoms with Crippen LogP contribution in [-0.4, -0.2) is 51.4 Å². The molecule has 7 nitrogen and oxygen atoms in total. The molecule has 0 spiro atoms. The summed E-state index contributed by atoms with van der Waals surface area (Å²) in [6.45, 7) is 1.13. The molecule has 4 rings (SSSR count). The van der Waals surface area contributed by atoms with E-state index in [0.29, 0.717) is 24.6 Å². The average molecular weight is 348 g/mol. The van der Waals surface area contributed by atoms with E-state index in [-0.39, 0.29) is 5.91 Å². The quantitative estimate of drug-likeness (QED) is 0.784. The van der Waals surface area contributed by atoms with Crippen molar-refractivity contribution in [1.82, 2.24) is 24.8 Å². The molecule has 0 aliphatic carbocycles. The lowest BCUT2D eigenvalue weighted by Gasteiger charge is -2.30. The van der Waals surface area contributed by atoms with Crippen LogP contribution in [0.1, 0.15) is 21.7 Å². The smallest absolute Gasteiger partial charge is 0.270 e. The standard InChI is InChI=1S/C19H20N6O/c1-24(2)18-14-7-10-25(19(26)15-6-4-9-21-15)12-16(14)22-17(23-18)13-5-3-8-20-11-13/h3-6,8-9,11,21H,7,10,12H2,1-2H3. The molecule has 1 amide bonds. The van der Waals surface area contributed by atoms with Crippen LogP contribution in [0, 0.1) is 0 Å². The molecule has 1 aliphatic rings. The molecule has 1 N–H and O–H groups in total. The normalized spacial score (nSPS) is 13.4. The number of hydrogen-bond acceptors (Lipinski definition) is 5. The molecule has 0 radical (unpaired) electrons. The number of nitrogens with zero attached hydrogens (tertiary/aromatic N) is 5. The Morgan fingerprint density at radius 1 is 1.23 bits per heavy atom. The van der Waals surface area contributed by atoms with Crippen LogP contribution in [0.15, 0.2) is 42.9 Å². The molecular formula is C19H20N6O. The highest BCUT2D eigenvalue weighted by Crippen LogP contribution is 2.28. The molecule has 3 aromatic rings. The lowest BCUT2D eigenvalue weighted by atomic mass is 10.0. The first-order valence-corrected chi connectivity index (χ1v) is 8.53. The second kappa shape index (κ2) is 6.59. The Bertz CT molecular complexity index is 921. The van der Waals surface area contributed by atoms with Gasteiger partial charge >= 0.3 is 0 Å². The Hall–Kier alpha value is -3.22. The molecule has 3 aromatic heterocycles. The molecule has 0 saturated heterocycles. The molecule has 0 bridgehead atoms. The third-order valence-electron chi connectivity index (χ3n) is 4.50. The molecule has 0 unspecified atom stereocenters. The van der Waals surface area contributed by atoms with Gasteiger partial charge < -0.3 is 14.8 Å². The topological polar surface area (TPSA) is 78.0 Å². The first kappa shape index (κ1) is 16.3. The van der Waals surface area contributed by atoms with Gasteiger partial charge in [0, 0.05) is 50.4 Å². The van der Waals surface area contributed by atoms with Crippen LogP contribution in [0.2, 0.25) is 0 Å². The zero-order valence-corrected chi connectivity index (χ0v) is 14.8. The van der Waals surface area contributed by atoms with Gasteiger partial charge in [0.05, 0.1) is 12.2 Å². The molecule has 0 fully saturated rings. The average Bonchev–Trinajstić information content (AvgIpc) is 3.21. The number of fused-ring (bicyclic) bond motifs is 1. The minimum absolute atomic E-state index is 0.00593. The van der Waals surface area contributed by atoms with E-state index >= 15 is 0 Å². The lowest BCUT2D eigenvalue weighted by Crippen LogP contribution is -2.37. The summed E-state index contributed by atoms with van der Waals surface area (Å²) >= 11 is 0. The molecule has 4 heterocycles. The largest absolute Gasteiger partial charge is 0.362 e. The number of aromatic amines is 1. The second-order valence-corrected chi connectivity index (χ2v) is 6.49. The van der Waals surface area contributed by atoms with E-state index in [0.717, 1.165) is 29.1 Å². The number of carbonyl (C=O) groups excluding carboxylic acids is 1. The summed E-state index contributed by atoms with van der Waals surface area (Å²) in [6.07, 6.45) is 5.98. The number of anilines is 1. The van der Waals surface area contributed by atoms with Crippen LogP contribution >= 0.6 is 0 Å². The third kappa shape index (κ3) is 2.92. The summed E-state index contributed by atoms with van der Waals surface area (Å²) in [4.78, 5) is 33.2. The fourth-order valence-corrected chi connectivity index (χ4v) is 3.21. The zero-order valence-electron chi connectivity index (χ0n) is 14.8. The third-order valence-corrected chi connectivity index (χ3v) is 4.50. The Morgan fingerprint density at radius 3 is 2.81 bits per heavy atom. The summed E-state index contributed by atoms with van der Waals surface area (Å²) < 4.78 is 0. The van der Waals surface area contributed by atoms with Crippen molar-refractivity contribution >= 4 is 11.7 Å². The number of nitrogens with one attached hydrogen (secondary N) is 1. The fourth-order valence-electron chi connectivity index (χ4n) is 3.21. The van der Waals surface area contributed by atoms with Crippen LogP contribution in [-0.2, 0) is 13.0 Å². The summed E-state index contributed by atoms with van der Waals surface area (Å²) in [5, 5.41) is 0. The summed E-state index contributed by atoms with van der Waals surface area (Å²) in [7, 11) is 3.96. The highest BCUT2D eigenvalue weighted by molar-refractivity contribution is 5.92. The fraction of sp³-hybridized carbons (Fsp3) is 0.263. The predicted molar refractivity (Wildman–Crippen MR) is 98.8 cm³/mol. The van der Waals surface area contributed by atoms with Crippen LogP contribution in [0.5, 0.6) is 0 Å². The van der Waals surface area contributed by atoms with Gasteiger partial charge in [0.25, 0.3) is 5.91 Å². The Morgan fingerprint density at radius 2 is 2.12 bits per heavy atom. The molecule has 0 atom stereocenters. The molecule has 132 valence electrons. The SMILES string of the molecule is CN(C)c1nc(-c2cccnc2)nc2c1CCN(C(=O)c1ccc[nH]1)C2. The lowest BCUT2D eigenvalue weighted by molar-refractivity contribution is 0.0726. The monoisotopic (exact) mass is 348 g/mol. The maximum atomic E-state index is 12.7. The number of amides is 1. The van der Waals surface area contributed by atoms with Crippen molar-refractivity contribution < 1.29 is 4.79 Å². The molecular weight excluding hydrogens is 328 g/mol. The van der Waals surface area contributed by atoms with Gasteiger partial charge in [-0.15, -0.1) is 0 Å². The van der Waals surface area contributed by atoms with Crippen molar-refractivity contribution in [1.29, 1.82) is 0 Å². The number of aromatic nitrogens is 4. The maximum absolute atomic E-state index is 12.7. The van der Waals surface area contributed by atoms with Crippen molar-refractivity contribution in [3.63, 3.8) is 0 Å². The van der Waals surface area contributed by atoms with Gasteiger partial charge in [0.15, 0.2) is 5.82 Å². The van der Waals surface area contributed by atoms with E-state index in [1.807, 2.05) is 42.1 Å². The summed E-state index contributed by atoms with van der Waals surface area (Å²) in [5.74, 6) is 1.53. The zero-order chi connectivity index (χ0) is 18.1. The maximum Gasteiger partial charge on any atom is 0.270 e. The number of hydrogen-bond donors (Lipinski definition) is 1. The van der Waals surface area contributed by atoms with Gasteiger partial charge in [-0.3, -0.25) is 9.78 Å². The minimum Gasteiger partial charge on any atom is -0.362 e. The van der Waals surface area contributed by atoms with Crippen LogP contribution in [0.25, 0.3) is 11.4 Å². The number of H-pyrrole nitrogens is 1. The van der Waals surface area contributed by atoms with E-state index in [2.05, 4.69) is 9.97 Å². The van der Waals surface area contributed by atoms with E-state index < -0.39 is 0 Å². The van der Waals surface area contributed by atoms with Crippen molar-refractivity contribution in [3.8, 4) is 11.4 Å². The van der Waals surface area contributed by atoms with Crippen molar-refractivity contribution in [2.45, 2.75) is 13.0 Å². The van der Waals surface area contributed by atoms with E-state index in [1.54, 1.807) is 24.7 Å². The molecule has 7 heteroatoms. The summed E-state index contributed by atoms with van der Waals surface area (Å²) in [6, 6.07) is 7.44. The molecule has 1 aliphatic heterocycles. The first-order valence-electron chi connectivity index (χ1n) is 8.53. The molecule has 0 aromatic carbocycles. The van der Waals surface area contributed by atoms with Crippen LogP contribution in [0.4, 0.5) is 5.82 Å². The Kier molecular flexibility index (Phi) is 4.12. The molecule has 0 saturated carbocycles. The van der Waals surface area contributed by atoms with Gasteiger partial charge in [0.1, 0.15) is 11.5 Å². The highest BCUT2D eigenvalue weighted by atomic mass is 16.2. The van der Waals surface area contributed by atoms with Crippen molar-refractivity contribution in [2.75, 3.05) is 25.5 Å². The van der Waals surface area contributed by atoms with Gasteiger partial charge in [-0.25, -0.2) is 9.97 Å². The first-order chi connectivity index (χ1) is 12.6. The van der Waals surface area contributed by atoms with E-state index in [1.165, 1.54) is 0 Å². The van der Waals surface area contributed by atoms with Crippen molar-refractivity contribution in [2.24, 2.45) is 0 Å². The summed E-state index contributed by atoms with van der Waals surface area (Å²) in [5.41, 5.74) is 3.47. The van der Waals surface area contributed by atoms with Crippen LogP contribution < -0.4 is 4.90 Å².